The Bertz CT molecular complexity index is 1920. The van der Waals surface area contributed by atoms with Crippen LogP contribution in [0.1, 0.15) is 51.2 Å². The van der Waals surface area contributed by atoms with Gasteiger partial charge in [-0.05, 0) is 57.4 Å². The van der Waals surface area contributed by atoms with E-state index in [4.69, 9.17) is 75.3 Å². The minimum absolute atomic E-state index is 0.212. The molecule has 0 saturated carbocycles. The lowest BCUT2D eigenvalue weighted by atomic mass is 10.2. The summed E-state index contributed by atoms with van der Waals surface area (Å²) in [6, 6.07) is 15.6. The van der Waals surface area contributed by atoms with E-state index in [1.165, 1.54) is 40.8 Å². The molecule has 5 rings (SSSR count). The summed E-state index contributed by atoms with van der Waals surface area (Å²) in [5.74, 6) is 2.79. The minimum atomic E-state index is 0.212. The molecule has 20 heteroatoms. The lowest BCUT2D eigenvalue weighted by molar-refractivity contribution is 0.955. The van der Waals surface area contributed by atoms with Crippen molar-refractivity contribution in [1.29, 1.82) is 0 Å². The van der Waals surface area contributed by atoms with Crippen LogP contribution in [0.5, 0.6) is 0 Å². The lowest BCUT2D eigenvalue weighted by Crippen LogP contribution is -2.11. The maximum absolute atomic E-state index is 6.15. The Morgan fingerprint density at radius 3 is 1.33 bits per heavy atom. The highest BCUT2D eigenvalue weighted by molar-refractivity contribution is 7.99. The first-order valence-corrected chi connectivity index (χ1v) is 22.0. The number of benzene rings is 2. The van der Waals surface area contributed by atoms with Crippen LogP contribution >= 0.6 is 105 Å². The first-order valence-electron chi connectivity index (χ1n) is 16.7. The molecule has 5 aromatic rings. The molecule has 0 fully saturated rings. The van der Waals surface area contributed by atoms with Gasteiger partial charge in [-0.25, -0.2) is 29.9 Å². The Balaban J connectivity index is 0.000000229. The van der Waals surface area contributed by atoms with Crippen molar-refractivity contribution in [3.63, 3.8) is 0 Å². The molecule has 0 bridgehead atoms. The first kappa shape index (κ1) is 46.8. The summed E-state index contributed by atoms with van der Waals surface area (Å²) < 4.78 is 0. The Morgan fingerprint density at radius 1 is 0.527 bits per heavy atom. The standard InChI is InChI=1S/C14H16Cl2N4S.C14H14Cl2N4S.C7H9Cl2N3S/c2*1-3-8-21-14-17-12(15)11(13(16)18-14)20-19-10-6-4-9(2)5-7-10;1-2-3-13-7-11-5(8)4(10)6(9)12-7/h4-7,19-20H,3,8H2,1-2H3;4-7H,3,8H2,1-2H3;2-3,10H2,1H3. The molecule has 2 aromatic carbocycles. The van der Waals surface area contributed by atoms with E-state index in [9.17, 15) is 0 Å². The maximum atomic E-state index is 6.15. The fraction of sp³-hybridized carbons (Fsp3) is 0.314. The van der Waals surface area contributed by atoms with Crippen molar-refractivity contribution in [2.75, 3.05) is 33.8 Å². The highest BCUT2D eigenvalue weighted by atomic mass is 35.5. The quantitative estimate of drug-likeness (QED) is 0.0319. The van der Waals surface area contributed by atoms with Gasteiger partial charge in [0.25, 0.3) is 0 Å². The van der Waals surface area contributed by atoms with Gasteiger partial charge in [0.15, 0.2) is 52.1 Å². The van der Waals surface area contributed by atoms with Crippen molar-refractivity contribution in [3.8, 4) is 0 Å². The van der Waals surface area contributed by atoms with E-state index in [0.717, 1.165) is 53.5 Å². The third kappa shape index (κ3) is 16.5. The summed E-state index contributed by atoms with van der Waals surface area (Å²) >= 11 is 40.5. The second-order valence-corrected chi connectivity index (χ2v) is 16.4. The summed E-state index contributed by atoms with van der Waals surface area (Å²) in [7, 11) is 0. The van der Waals surface area contributed by atoms with Crippen LogP contribution in [0.25, 0.3) is 0 Å². The number of hydrogen-bond acceptors (Lipinski definition) is 14. The number of azo groups is 1. The topological polar surface area (TPSA) is 152 Å². The molecule has 11 nitrogen and oxygen atoms in total. The number of thioether (sulfide) groups is 3. The van der Waals surface area contributed by atoms with Gasteiger partial charge in [-0.3, -0.25) is 5.43 Å². The number of rotatable bonds is 14. The van der Waals surface area contributed by atoms with E-state index in [-0.39, 0.29) is 26.3 Å². The van der Waals surface area contributed by atoms with E-state index < -0.39 is 0 Å². The van der Waals surface area contributed by atoms with Crippen LogP contribution in [0.15, 0.2) is 74.2 Å². The zero-order chi connectivity index (χ0) is 40.3. The largest absolute Gasteiger partial charge is 0.394 e. The normalized spacial score (nSPS) is 10.7. The minimum Gasteiger partial charge on any atom is -0.394 e. The molecule has 0 radical (unpaired) electrons. The van der Waals surface area contributed by atoms with Gasteiger partial charge >= 0.3 is 0 Å². The molecule has 3 heterocycles. The lowest BCUT2D eigenvalue weighted by Gasteiger charge is -2.12. The number of aromatic nitrogens is 6. The third-order valence-corrected chi connectivity index (χ3v) is 11.2. The molecule has 0 atom stereocenters. The van der Waals surface area contributed by atoms with E-state index in [1.54, 1.807) is 0 Å². The number of hydrazine groups is 1. The number of nitrogens with zero attached hydrogens (tertiary/aromatic N) is 8. The molecular formula is C35H39Cl6N11S3. The number of aryl methyl sites for hydroxylation is 2. The van der Waals surface area contributed by atoms with Gasteiger partial charge in [0.2, 0.25) is 0 Å². The fourth-order valence-electron chi connectivity index (χ4n) is 3.62. The number of nitrogens with one attached hydrogen (secondary N) is 2. The van der Waals surface area contributed by atoms with Crippen LogP contribution in [0.3, 0.4) is 0 Å². The molecule has 0 aliphatic heterocycles. The number of hydrogen-bond donors (Lipinski definition) is 3. The number of nitrogen functional groups attached to an aromatic ring is 1. The molecule has 0 saturated heterocycles. The second-order valence-electron chi connectivity index (χ2n) is 11.1. The maximum Gasteiger partial charge on any atom is 0.190 e. The highest BCUT2D eigenvalue weighted by Crippen LogP contribution is 2.34. The Morgan fingerprint density at radius 2 is 0.909 bits per heavy atom. The molecule has 4 N–H and O–H groups in total. The van der Waals surface area contributed by atoms with Crippen molar-refractivity contribution in [2.24, 2.45) is 10.2 Å². The third-order valence-electron chi connectivity index (χ3n) is 6.40. The van der Waals surface area contributed by atoms with E-state index in [0.29, 0.717) is 37.2 Å². The second kappa shape index (κ2) is 25.0. The first-order chi connectivity index (χ1) is 26.3. The summed E-state index contributed by atoms with van der Waals surface area (Å²) in [5, 5.41) is 11.3. The fourth-order valence-corrected chi connectivity index (χ4v) is 7.35. The number of halogens is 6. The average Bonchev–Trinajstić information content (AvgIpc) is 3.15. The molecular weight excluding hydrogens is 883 g/mol. The Hall–Kier alpha value is -2.53. The molecule has 0 amide bonds. The van der Waals surface area contributed by atoms with Crippen molar-refractivity contribution in [1.82, 2.24) is 29.9 Å². The predicted molar refractivity (Wildman–Crippen MR) is 237 cm³/mol. The van der Waals surface area contributed by atoms with Crippen LogP contribution < -0.4 is 16.6 Å². The predicted octanol–water partition coefficient (Wildman–Crippen LogP) is 13.9. The zero-order valence-corrected chi connectivity index (χ0v) is 37.5. The van der Waals surface area contributed by atoms with Gasteiger partial charge < -0.3 is 11.2 Å². The van der Waals surface area contributed by atoms with Crippen molar-refractivity contribution < 1.29 is 0 Å². The van der Waals surface area contributed by atoms with Crippen molar-refractivity contribution in [3.05, 3.63) is 90.6 Å². The zero-order valence-electron chi connectivity index (χ0n) is 30.5. The summed E-state index contributed by atoms with van der Waals surface area (Å²) in [4.78, 5) is 24.8. The molecule has 3 aromatic heterocycles. The molecule has 55 heavy (non-hydrogen) atoms. The highest BCUT2D eigenvalue weighted by Gasteiger charge is 2.13. The van der Waals surface area contributed by atoms with Gasteiger partial charge in [-0.15, -0.1) is 5.11 Å². The van der Waals surface area contributed by atoms with Crippen LogP contribution in [-0.4, -0.2) is 47.2 Å². The number of anilines is 3. The van der Waals surface area contributed by atoms with E-state index in [1.807, 2.05) is 62.4 Å². The van der Waals surface area contributed by atoms with Crippen LogP contribution in [0.2, 0.25) is 30.9 Å². The smallest absolute Gasteiger partial charge is 0.190 e. The summed E-state index contributed by atoms with van der Waals surface area (Å²) in [6.45, 7) is 10.3. The Labute approximate surface area is 364 Å². The average molecular weight is 923 g/mol. The van der Waals surface area contributed by atoms with Gasteiger partial charge in [-0.1, -0.05) is 161 Å². The Kier molecular flexibility index (Phi) is 21.3. The molecule has 0 spiro atoms. The van der Waals surface area contributed by atoms with Crippen molar-refractivity contribution in [2.45, 2.75) is 69.4 Å². The van der Waals surface area contributed by atoms with Crippen LogP contribution in [0, 0.1) is 13.8 Å². The van der Waals surface area contributed by atoms with Gasteiger partial charge in [0.1, 0.15) is 11.4 Å². The van der Waals surface area contributed by atoms with Gasteiger partial charge in [-0.2, -0.15) is 5.11 Å². The van der Waals surface area contributed by atoms with Gasteiger partial charge in [0.05, 0.1) is 11.4 Å². The van der Waals surface area contributed by atoms with Gasteiger partial charge in [0, 0.05) is 17.3 Å². The number of nitrogens with two attached hydrogens (primary N) is 1. The van der Waals surface area contributed by atoms with Crippen molar-refractivity contribution >= 4 is 133 Å². The van der Waals surface area contributed by atoms with Crippen LogP contribution in [-0.2, 0) is 0 Å². The van der Waals surface area contributed by atoms with Crippen LogP contribution in [0.4, 0.5) is 28.4 Å². The van der Waals surface area contributed by atoms with E-state index >= 15 is 0 Å². The summed E-state index contributed by atoms with van der Waals surface area (Å²) in [5.41, 5.74) is 16.4. The molecule has 294 valence electrons. The molecule has 0 aliphatic rings. The monoisotopic (exact) mass is 919 g/mol. The van der Waals surface area contributed by atoms with E-state index in [2.05, 4.69) is 71.8 Å². The SMILES string of the molecule is CCCSc1nc(Cl)c(N)c(Cl)n1.CCCSc1nc(Cl)c(N=Nc2ccc(C)cc2)c(Cl)n1.CCCSc1nc(Cl)c(NNc2ccc(C)cc2)c(Cl)n1. The molecule has 0 aliphatic carbocycles. The summed E-state index contributed by atoms with van der Waals surface area (Å²) in [6.07, 6.45) is 3.12. The molecule has 0 unspecified atom stereocenters.